The topological polar surface area (TPSA) is 73.6 Å². The second kappa shape index (κ2) is 5.54. The van der Waals surface area contributed by atoms with E-state index in [0.717, 1.165) is 18.6 Å². The average molecular weight is 291 g/mol. The van der Waals surface area contributed by atoms with Gasteiger partial charge in [-0.25, -0.2) is 4.79 Å². The van der Waals surface area contributed by atoms with Crippen LogP contribution in [0.25, 0.3) is 11.1 Å². The quantitative estimate of drug-likeness (QED) is 0.863. The molecule has 1 unspecified atom stereocenters. The first kappa shape index (κ1) is 14.2. The lowest BCUT2D eigenvalue weighted by molar-refractivity contribution is -0.0458. The number of morpholine rings is 1. The van der Waals surface area contributed by atoms with Crippen molar-refractivity contribution in [2.75, 3.05) is 25.4 Å². The molecular formula is C15H21N3O3. The summed E-state index contributed by atoms with van der Waals surface area (Å²) in [6, 6.07) is 5.75. The van der Waals surface area contributed by atoms with E-state index >= 15 is 0 Å². The molecule has 0 amide bonds. The fourth-order valence-electron chi connectivity index (χ4n) is 2.78. The number of rotatable bonds is 3. The Morgan fingerprint density at radius 2 is 2.24 bits per heavy atom. The summed E-state index contributed by atoms with van der Waals surface area (Å²) in [6.45, 7) is 7.30. The summed E-state index contributed by atoms with van der Waals surface area (Å²) in [7, 11) is 0. The Balaban J connectivity index is 1.84. The minimum atomic E-state index is -0.360. The van der Waals surface area contributed by atoms with E-state index in [4.69, 9.17) is 14.9 Å². The third kappa shape index (κ3) is 2.82. The molecule has 2 aromatic rings. The van der Waals surface area contributed by atoms with Crippen LogP contribution in [0.5, 0.6) is 0 Å². The number of hydrogen-bond donors (Lipinski definition) is 1. The number of hydrogen-bond acceptors (Lipinski definition) is 5. The van der Waals surface area contributed by atoms with Gasteiger partial charge in [0.1, 0.15) is 0 Å². The van der Waals surface area contributed by atoms with Crippen molar-refractivity contribution in [3.05, 3.63) is 28.7 Å². The lowest BCUT2D eigenvalue weighted by Crippen LogP contribution is -2.47. The Bertz CT molecular complexity index is 689. The number of anilines is 1. The summed E-state index contributed by atoms with van der Waals surface area (Å²) >= 11 is 0. The molecule has 114 valence electrons. The SMILES string of the molecule is CC(C)N1CCOC(Cn2c(=O)oc3cc(N)ccc32)C1. The van der Waals surface area contributed by atoms with Crippen LogP contribution in [-0.4, -0.2) is 41.3 Å². The van der Waals surface area contributed by atoms with E-state index in [1.165, 1.54) is 0 Å². The van der Waals surface area contributed by atoms with Gasteiger partial charge in [-0.1, -0.05) is 0 Å². The van der Waals surface area contributed by atoms with Crippen molar-refractivity contribution >= 4 is 16.8 Å². The molecule has 6 heteroatoms. The Labute approximate surface area is 123 Å². The summed E-state index contributed by atoms with van der Waals surface area (Å²) < 4.78 is 12.7. The second-order valence-electron chi connectivity index (χ2n) is 5.79. The van der Waals surface area contributed by atoms with Crippen molar-refractivity contribution in [1.29, 1.82) is 0 Å². The van der Waals surface area contributed by atoms with Crippen LogP contribution in [0.2, 0.25) is 0 Å². The molecule has 1 atom stereocenters. The molecule has 1 fully saturated rings. The molecule has 0 aliphatic carbocycles. The molecule has 0 saturated carbocycles. The fraction of sp³-hybridized carbons (Fsp3) is 0.533. The van der Waals surface area contributed by atoms with E-state index in [-0.39, 0.29) is 11.9 Å². The summed E-state index contributed by atoms with van der Waals surface area (Å²) in [4.78, 5) is 14.4. The van der Waals surface area contributed by atoms with Gasteiger partial charge < -0.3 is 14.9 Å². The van der Waals surface area contributed by atoms with Gasteiger partial charge in [0.05, 0.1) is 24.8 Å². The van der Waals surface area contributed by atoms with Gasteiger partial charge in [-0.05, 0) is 26.0 Å². The number of oxazole rings is 1. The summed E-state index contributed by atoms with van der Waals surface area (Å²) in [5, 5.41) is 0. The van der Waals surface area contributed by atoms with Gasteiger partial charge in [-0.3, -0.25) is 9.47 Å². The Morgan fingerprint density at radius 3 is 3.00 bits per heavy atom. The highest BCUT2D eigenvalue weighted by Crippen LogP contribution is 2.18. The van der Waals surface area contributed by atoms with E-state index in [1.807, 2.05) is 6.07 Å². The van der Waals surface area contributed by atoms with Crippen molar-refractivity contribution in [3.8, 4) is 0 Å². The molecule has 21 heavy (non-hydrogen) atoms. The zero-order chi connectivity index (χ0) is 15.0. The van der Waals surface area contributed by atoms with Crippen LogP contribution < -0.4 is 11.5 Å². The van der Waals surface area contributed by atoms with Gasteiger partial charge in [-0.15, -0.1) is 0 Å². The van der Waals surface area contributed by atoms with E-state index < -0.39 is 0 Å². The molecule has 0 bridgehead atoms. The van der Waals surface area contributed by atoms with Gasteiger partial charge >= 0.3 is 5.76 Å². The van der Waals surface area contributed by atoms with Gasteiger partial charge in [0.15, 0.2) is 5.58 Å². The maximum absolute atomic E-state index is 12.0. The Hall–Kier alpha value is -1.79. The first-order chi connectivity index (χ1) is 10.0. The number of nitrogen functional groups attached to an aromatic ring is 1. The maximum atomic E-state index is 12.0. The Kier molecular flexibility index (Phi) is 3.73. The largest absolute Gasteiger partial charge is 0.420 e. The van der Waals surface area contributed by atoms with Crippen LogP contribution in [0.15, 0.2) is 27.4 Å². The average Bonchev–Trinajstić information content (AvgIpc) is 2.74. The molecule has 1 aliphatic rings. The highest BCUT2D eigenvalue weighted by atomic mass is 16.5. The standard InChI is InChI=1S/C15H21N3O3/c1-10(2)17-5-6-20-12(8-17)9-18-13-4-3-11(16)7-14(13)21-15(18)19/h3-4,7,10,12H,5-6,8-9,16H2,1-2H3. The first-order valence-electron chi connectivity index (χ1n) is 7.29. The molecule has 1 aliphatic heterocycles. The number of ether oxygens (including phenoxy) is 1. The smallest absolute Gasteiger partial charge is 0.408 e. The van der Waals surface area contributed by atoms with Crippen molar-refractivity contribution in [2.24, 2.45) is 0 Å². The third-order valence-corrected chi connectivity index (χ3v) is 3.98. The van der Waals surface area contributed by atoms with Crippen molar-refractivity contribution in [2.45, 2.75) is 32.5 Å². The van der Waals surface area contributed by atoms with Crippen molar-refractivity contribution in [3.63, 3.8) is 0 Å². The second-order valence-corrected chi connectivity index (χ2v) is 5.79. The van der Waals surface area contributed by atoms with Crippen molar-refractivity contribution in [1.82, 2.24) is 9.47 Å². The number of benzene rings is 1. The molecule has 2 N–H and O–H groups in total. The highest BCUT2D eigenvalue weighted by molar-refractivity contribution is 5.76. The van der Waals surface area contributed by atoms with Crippen LogP contribution in [0.1, 0.15) is 13.8 Å². The number of nitrogens with two attached hydrogens (primary N) is 1. The minimum absolute atomic E-state index is 0.00259. The van der Waals surface area contributed by atoms with Crippen LogP contribution in [0.3, 0.4) is 0 Å². The minimum Gasteiger partial charge on any atom is -0.408 e. The fourth-order valence-corrected chi connectivity index (χ4v) is 2.78. The maximum Gasteiger partial charge on any atom is 0.420 e. The molecule has 0 spiro atoms. The zero-order valence-electron chi connectivity index (χ0n) is 12.4. The normalized spacial score (nSPS) is 20.4. The van der Waals surface area contributed by atoms with Crippen LogP contribution in [-0.2, 0) is 11.3 Å². The summed E-state index contributed by atoms with van der Waals surface area (Å²) in [6.07, 6.45) is -0.00259. The highest BCUT2D eigenvalue weighted by Gasteiger charge is 2.24. The zero-order valence-corrected chi connectivity index (χ0v) is 12.4. The monoisotopic (exact) mass is 291 g/mol. The molecule has 1 aromatic carbocycles. The predicted octanol–water partition coefficient (Wildman–Crippen LogP) is 1.29. The molecule has 3 rings (SSSR count). The number of fused-ring (bicyclic) bond motifs is 1. The summed E-state index contributed by atoms with van der Waals surface area (Å²) in [5.74, 6) is -0.360. The molecule has 2 heterocycles. The van der Waals surface area contributed by atoms with E-state index in [2.05, 4.69) is 18.7 Å². The number of nitrogens with zero attached hydrogens (tertiary/aromatic N) is 2. The van der Waals surface area contributed by atoms with Crippen LogP contribution >= 0.6 is 0 Å². The lowest BCUT2D eigenvalue weighted by Gasteiger charge is -2.35. The molecule has 0 radical (unpaired) electrons. The molecule has 6 nitrogen and oxygen atoms in total. The molecular weight excluding hydrogens is 270 g/mol. The van der Waals surface area contributed by atoms with Gasteiger partial charge in [0, 0.05) is 30.9 Å². The van der Waals surface area contributed by atoms with E-state index in [9.17, 15) is 4.79 Å². The van der Waals surface area contributed by atoms with Crippen molar-refractivity contribution < 1.29 is 9.15 Å². The predicted molar refractivity (Wildman–Crippen MR) is 81.3 cm³/mol. The lowest BCUT2D eigenvalue weighted by atomic mass is 10.2. The summed E-state index contributed by atoms with van der Waals surface area (Å²) in [5.41, 5.74) is 7.59. The Morgan fingerprint density at radius 1 is 1.43 bits per heavy atom. The van der Waals surface area contributed by atoms with Crippen LogP contribution in [0, 0.1) is 0 Å². The molecule has 1 saturated heterocycles. The van der Waals surface area contributed by atoms with Gasteiger partial charge in [0.2, 0.25) is 0 Å². The van der Waals surface area contributed by atoms with E-state index in [1.54, 1.807) is 16.7 Å². The van der Waals surface area contributed by atoms with Gasteiger partial charge in [-0.2, -0.15) is 0 Å². The van der Waals surface area contributed by atoms with Crippen LogP contribution in [0.4, 0.5) is 5.69 Å². The number of aromatic nitrogens is 1. The van der Waals surface area contributed by atoms with Gasteiger partial charge in [0.25, 0.3) is 0 Å². The first-order valence-corrected chi connectivity index (χ1v) is 7.29. The molecule has 1 aromatic heterocycles. The van der Waals surface area contributed by atoms with E-state index in [0.29, 0.717) is 30.5 Å². The third-order valence-electron chi connectivity index (χ3n) is 3.98.